The van der Waals surface area contributed by atoms with Crippen LogP contribution in [0.1, 0.15) is 0 Å². The lowest BCUT2D eigenvalue weighted by atomic mass is 11.1. The van der Waals surface area contributed by atoms with Crippen molar-refractivity contribution in [3.8, 4) is 0 Å². The van der Waals surface area contributed by atoms with E-state index in [-0.39, 0.29) is 6.15 Å². The molecule has 0 saturated heterocycles. The molecule has 0 saturated carbocycles. The monoisotopic (exact) mass is 97.0 g/mol. The number of rotatable bonds is 0. The van der Waals surface area contributed by atoms with Crippen molar-refractivity contribution in [1.29, 1.82) is 5.41 Å². The Morgan fingerprint density at radius 3 is 1.57 bits per heavy atom. The Hall–Kier alpha value is -1.21. The largest absolute Gasteiger partial charge is 0.373 e. The standard InChI is InChI=1S/C3H3N.CO2/c4-3-1-2-3;2-1-3/h1-2,4H;. The van der Waals surface area contributed by atoms with Crippen LogP contribution in [0.5, 0.6) is 0 Å². The fraction of sp³-hybridized carbons (Fsp3) is 0. The lowest BCUT2D eigenvalue weighted by Gasteiger charge is -1.19. The summed E-state index contributed by atoms with van der Waals surface area (Å²) in [6, 6.07) is 3.50. The SMILES string of the molecule is N=c1cc1.O=C=O. The highest BCUT2D eigenvalue weighted by Crippen LogP contribution is 1.61. The molecule has 0 aromatic heterocycles. The van der Waals surface area contributed by atoms with Crippen LogP contribution in [0, 0.1) is 5.41 Å². The minimum absolute atomic E-state index is 0.250. The summed E-state index contributed by atoms with van der Waals surface area (Å²) in [5, 5.41) is 7.17. The Bertz CT molecular complexity index is 156. The van der Waals surface area contributed by atoms with Crippen molar-refractivity contribution in [2.75, 3.05) is 0 Å². The summed E-state index contributed by atoms with van der Waals surface area (Å²) < 4.78 is 0. The van der Waals surface area contributed by atoms with E-state index >= 15 is 0 Å². The van der Waals surface area contributed by atoms with Crippen molar-refractivity contribution < 1.29 is 9.59 Å². The van der Waals surface area contributed by atoms with Crippen LogP contribution in [0.15, 0.2) is 12.1 Å². The summed E-state index contributed by atoms with van der Waals surface area (Å²) in [6.45, 7) is 0. The second kappa shape index (κ2) is 3.00. The van der Waals surface area contributed by atoms with Crippen molar-refractivity contribution in [1.82, 2.24) is 0 Å². The van der Waals surface area contributed by atoms with Crippen LogP contribution in [-0.2, 0) is 9.59 Å². The molecule has 0 aliphatic rings. The zero-order chi connectivity index (χ0) is 5.70. The van der Waals surface area contributed by atoms with Gasteiger partial charge in [-0.1, -0.05) is 0 Å². The van der Waals surface area contributed by atoms with Gasteiger partial charge in [-0.15, -0.1) is 0 Å². The second-order valence-corrected chi connectivity index (χ2v) is 0.872. The quantitative estimate of drug-likeness (QED) is 0.472. The minimum Gasteiger partial charge on any atom is -0.301 e. The third-order valence-electron chi connectivity index (χ3n) is 0.333. The van der Waals surface area contributed by atoms with Crippen LogP contribution >= 0.6 is 0 Å². The van der Waals surface area contributed by atoms with Gasteiger partial charge in [0.1, 0.15) is 0 Å². The first kappa shape index (κ1) is 5.79. The van der Waals surface area contributed by atoms with E-state index in [0.717, 1.165) is 0 Å². The van der Waals surface area contributed by atoms with Gasteiger partial charge in [0, 0.05) is 0 Å². The predicted octanol–water partition coefficient (Wildman–Crippen LogP) is -0.542. The van der Waals surface area contributed by atoms with E-state index in [2.05, 4.69) is 0 Å². The van der Waals surface area contributed by atoms with Crippen LogP contribution in [0.4, 0.5) is 0 Å². The maximum atomic E-state index is 8.12. The number of carbonyl (C=O) groups excluding carboxylic acids is 2. The first-order valence-corrected chi connectivity index (χ1v) is 1.57. The van der Waals surface area contributed by atoms with Gasteiger partial charge in [0.05, 0.1) is 5.36 Å². The molecule has 0 bridgehead atoms. The van der Waals surface area contributed by atoms with Crippen LogP contribution < -0.4 is 5.36 Å². The summed E-state index contributed by atoms with van der Waals surface area (Å²) in [4.78, 5) is 16.2. The zero-order valence-corrected chi connectivity index (χ0v) is 3.47. The Balaban J connectivity index is 0.000000110. The lowest BCUT2D eigenvalue weighted by Crippen LogP contribution is -1.62. The molecule has 0 aliphatic heterocycles. The fourth-order valence-corrected chi connectivity index (χ4v) is 0.0417. The van der Waals surface area contributed by atoms with Gasteiger partial charge in [0.25, 0.3) is 0 Å². The molecular weight excluding hydrogens is 94.0 g/mol. The van der Waals surface area contributed by atoms with E-state index < -0.39 is 0 Å². The molecule has 7 heavy (non-hydrogen) atoms. The molecule has 0 aliphatic carbocycles. The smallest absolute Gasteiger partial charge is 0.301 e. The van der Waals surface area contributed by atoms with Crippen molar-refractivity contribution >= 4 is 6.15 Å². The molecule has 0 heterocycles. The summed E-state index contributed by atoms with van der Waals surface area (Å²) in [5.74, 6) is 0. The van der Waals surface area contributed by atoms with Gasteiger partial charge in [-0.25, -0.2) is 0 Å². The molecule has 36 valence electrons. The maximum Gasteiger partial charge on any atom is 0.373 e. The van der Waals surface area contributed by atoms with Gasteiger partial charge < -0.3 is 5.41 Å². The summed E-state index contributed by atoms with van der Waals surface area (Å²) in [7, 11) is 0. The van der Waals surface area contributed by atoms with Crippen LogP contribution in [0.3, 0.4) is 0 Å². The van der Waals surface area contributed by atoms with E-state index in [4.69, 9.17) is 15.0 Å². The molecule has 1 rings (SSSR count). The molecule has 0 fully saturated rings. The molecule has 3 nitrogen and oxygen atoms in total. The topological polar surface area (TPSA) is 58.0 Å². The van der Waals surface area contributed by atoms with Gasteiger partial charge in [-0.05, 0) is 12.1 Å². The number of nitrogens with one attached hydrogen (secondary N) is 1. The van der Waals surface area contributed by atoms with E-state index in [1.807, 2.05) is 0 Å². The molecule has 1 aromatic carbocycles. The Kier molecular flexibility index (Phi) is 2.48. The van der Waals surface area contributed by atoms with Crippen LogP contribution in [0.2, 0.25) is 0 Å². The maximum absolute atomic E-state index is 8.12. The van der Waals surface area contributed by atoms with Crippen molar-refractivity contribution in [2.24, 2.45) is 0 Å². The van der Waals surface area contributed by atoms with Crippen LogP contribution in [-0.4, -0.2) is 6.15 Å². The van der Waals surface area contributed by atoms with Gasteiger partial charge in [0.2, 0.25) is 0 Å². The van der Waals surface area contributed by atoms with Gasteiger partial charge in [-0.2, -0.15) is 9.59 Å². The highest BCUT2D eigenvalue weighted by molar-refractivity contribution is 5.20. The minimum atomic E-state index is 0.250. The molecule has 0 amide bonds. The van der Waals surface area contributed by atoms with E-state index in [1.165, 1.54) is 0 Å². The van der Waals surface area contributed by atoms with E-state index in [1.54, 1.807) is 12.1 Å². The molecule has 1 N–H and O–H groups in total. The van der Waals surface area contributed by atoms with Crippen molar-refractivity contribution in [3.63, 3.8) is 0 Å². The fourth-order valence-electron chi connectivity index (χ4n) is 0.0417. The molecule has 3 heteroatoms. The van der Waals surface area contributed by atoms with Gasteiger partial charge in [0.15, 0.2) is 0 Å². The number of hydrogen-bond donors (Lipinski definition) is 1. The lowest BCUT2D eigenvalue weighted by molar-refractivity contribution is -0.191. The highest BCUT2D eigenvalue weighted by Gasteiger charge is 1.72. The Morgan fingerprint density at radius 1 is 1.43 bits per heavy atom. The molecular formula is C4H3NO2. The molecule has 0 spiro atoms. The van der Waals surface area contributed by atoms with E-state index in [9.17, 15) is 0 Å². The van der Waals surface area contributed by atoms with Crippen LogP contribution in [0.25, 0.3) is 0 Å². The van der Waals surface area contributed by atoms with E-state index in [0.29, 0.717) is 5.36 Å². The Labute approximate surface area is 39.8 Å². The van der Waals surface area contributed by atoms with Gasteiger partial charge in [-0.3, -0.25) is 0 Å². The first-order valence-electron chi connectivity index (χ1n) is 1.57. The van der Waals surface area contributed by atoms with Crippen molar-refractivity contribution in [3.05, 3.63) is 17.5 Å². The normalized spacial score (nSPS) is 6.29. The highest BCUT2D eigenvalue weighted by atomic mass is 16.2. The molecule has 0 unspecified atom stereocenters. The predicted molar refractivity (Wildman–Crippen MR) is 19.7 cm³/mol. The summed E-state index contributed by atoms with van der Waals surface area (Å²) in [5.41, 5.74) is 0. The Morgan fingerprint density at radius 2 is 1.57 bits per heavy atom. The average molecular weight is 97.1 g/mol. The number of hydrogen-bond acceptors (Lipinski definition) is 3. The zero-order valence-electron chi connectivity index (χ0n) is 3.47. The second-order valence-electron chi connectivity index (χ2n) is 0.872. The van der Waals surface area contributed by atoms with Gasteiger partial charge >= 0.3 is 6.15 Å². The first-order chi connectivity index (χ1) is 3.31. The third kappa shape index (κ3) is 11.6. The van der Waals surface area contributed by atoms with Crippen molar-refractivity contribution in [2.45, 2.75) is 0 Å². The third-order valence-corrected chi connectivity index (χ3v) is 0.333. The summed E-state index contributed by atoms with van der Waals surface area (Å²) >= 11 is 0. The molecule has 0 radical (unpaired) electrons. The summed E-state index contributed by atoms with van der Waals surface area (Å²) in [6.07, 6.45) is 0.250. The molecule has 0 atom stereocenters. The average Bonchev–Trinajstić information content (AvgIpc) is 2.25. The molecule has 1 aromatic rings.